The van der Waals surface area contributed by atoms with Crippen LogP contribution in [0.15, 0.2) is 24.3 Å². The van der Waals surface area contributed by atoms with Gasteiger partial charge in [-0.05, 0) is 13.0 Å². The summed E-state index contributed by atoms with van der Waals surface area (Å²) < 4.78 is 2.06. The van der Waals surface area contributed by atoms with E-state index in [9.17, 15) is 0 Å². The van der Waals surface area contributed by atoms with E-state index < -0.39 is 0 Å². The Kier molecular flexibility index (Phi) is 3.96. The summed E-state index contributed by atoms with van der Waals surface area (Å²) in [5.74, 6) is 0. The fourth-order valence-electron chi connectivity index (χ4n) is 1.84. The van der Waals surface area contributed by atoms with Crippen molar-refractivity contribution in [2.75, 3.05) is 11.9 Å². The van der Waals surface area contributed by atoms with Crippen LogP contribution in [-0.2, 0) is 13.1 Å². The molecule has 3 nitrogen and oxygen atoms in total. The monoisotopic (exact) mass is 281 g/mol. The number of fused-ring (bicyclic) bond motifs is 1. The molecule has 16 heavy (non-hydrogen) atoms. The van der Waals surface area contributed by atoms with E-state index >= 15 is 0 Å². The Bertz CT molecular complexity index is 464. The van der Waals surface area contributed by atoms with Crippen molar-refractivity contribution in [3.05, 3.63) is 30.0 Å². The normalized spacial score (nSPS) is 11.1. The highest BCUT2D eigenvalue weighted by Crippen LogP contribution is 2.17. The molecule has 86 valence electrons. The molecule has 0 aliphatic heterocycles. The summed E-state index contributed by atoms with van der Waals surface area (Å²) in [6, 6.07) is 8.39. The summed E-state index contributed by atoms with van der Waals surface area (Å²) in [7, 11) is 0. The van der Waals surface area contributed by atoms with Crippen molar-refractivity contribution >= 4 is 26.8 Å². The average Bonchev–Trinajstić information content (AvgIpc) is 2.68. The Balaban J connectivity index is 2.30. The minimum absolute atomic E-state index is 0.832. The molecule has 0 saturated heterocycles. The molecule has 4 heteroatoms. The molecule has 0 amide bonds. The number of hydrogen-bond donors (Lipinski definition) is 1. The molecule has 0 radical (unpaired) electrons. The highest BCUT2D eigenvalue weighted by atomic mass is 79.9. The van der Waals surface area contributed by atoms with Gasteiger partial charge in [-0.25, -0.2) is 0 Å². The molecule has 1 N–H and O–H groups in total. The zero-order chi connectivity index (χ0) is 11.4. The fraction of sp³-hybridized carbons (Fsp3) is 0.417. The van der Waals surface area contributed by atoms with Gasteiger partial charge in [0.05, 0.1) is 11.2 Å². The van der Waals surface area contributed by atoms with Gasteiger partial charge < -0.3 is 5.32 Å². The van der Waals surface area contributed by atoms with Crippen molar-refractivity contribution in [2.45, 2.75) is 20.0 Å². The molecule has 0 bridgehead atoms. The van der Waals surface area contributed by atoms with E-state index in [1.807, 2.05) is 0 Å². The summed E-state index contributed by atoms with van der Waals surface area (Å²) in [6.45, 7) is 4.83. The largest absolute Gasteiger partial charge is 0.310 e. The highest BCUT2D eigenvalue weighted by molar-refractivity contribution is 9.09. The topological polar surface area (TPSA) is 29.9 Å². The van der Waals surface area contributed by atoms with Crippen LogP contribution in [0.2, 0.25) is 0 Å². The highest BCUT2D eigenvalue weighted by Gasteiger charge is 2.07. The van der Waals surface area contributed by atoms with Crippen molar-refractivity contribution in [3.63, 3.8) is 0 Å². The molecule has 0 aliphatic rings. The summed E-state index contributed by atoms with van der Waals surface area (Å²) in [4.78, 5) is 0. The van der Waals surface area contributed by atoms with Gasteiger partial charge in [-0.1, -0.05) is 34.1 Å². The van der Waals surface area contributed by atoms with E-state index in [0.717, 1.165) is 30.7 Å². The molecule has 0 atom stereocenters. The lowest BCUT2D eigenvalue weighted by atomic mass is 10.2. The van der Waals surface area contributed by atoms with E-state index in [1.165, 1.54) is 10.9 Å². The predicted octanol–water partition coefficient (Wildman–Crippen LogP) is 2.54. The zero-order valence-electron chi connectivity index (χ0n) is 9.41. The molecule has 2 aromatic rings. The van der Waals surface area contributed by atoms with Gasteiger partial charge in [-0.3, -0.25) is 4.68 Å². The number of hydrogen-bond acceptors (Lipinski definition) is 2. The molecule has 1 aromatic carbocycles. The Morgan fingerprint density at radius 1 is 1.38 bits per heavy atom. The van der Waals surface area contributed by atoms with Crippen molar-refractivity contribution in [3.8, 4) is 0 Å². The van der Waals surface area contributed by atoms with Crippen LogP contribution in [0.25, 0.3) is 10.9 Å². The lowest BCUT2D eigenvalue weighted by Crippen LogP contribution is -2.16. The first-order valence-corrected chi connectivity index (χ1v) is 6.70. The standard InChI is InChI=1S/C12H16BrN3/c1-2-16-12-6-4-3-5-10(12)11(15-16)9-14-8-7-13/h3-6,14H,2,7-9H2,1H3. The second-order valence-corrected chi connectivity index (χ2v) is 4.44. The number of benzene rings is 1. The van der Waals surface area contributed by atoms with Gasteiger partial charge in [0, 0.05) is 30.4 Å². The lowest BCUT2D eigenvalue weighted by molar-refractivity contribution is 0.644. The number of para-hydroxylation sites is 1. The maximum absolute atomic E-state index is 4.62. The maximum atomic E-state index is 4.62. The third-order valence-corrected chi connectivity index (χ3v) is 2.99. The van der Waals surface area contributed by atoms with Crippen LogP contribution in [-0.4, -0.2) is 21.7 Å². The number of nitrogens with zero attached hydrogens (tertiary/aromatic N) is 2. The minimum atomic E-state index is 0.832. The number of nitrogens with one attached hydrogen (secondary N) is 1. The van der Waals surface area contributed by atoms with Crippen LogP contribution in [0, 0.1) is 0 Å². The molecule has 0 fully saturated rings. The van der Waals surface area contributed by atoms with Crippen LogP contribution >= 0.6 is 15.9 Å². The van der Waals surface area contributed by atoms with E-state index in [2.05, 4.69) is 62.2 Å². The first kappa shape index (κ1) is 11.6. The predicted molar refractivity (Wildman–Crippen MR) is 70.9 cm³/mol. The summed E-state index contributed by atoms with van der Waals surface area (Å²) in [6.07, 6.45) is 0. The van der Waals surface area contributed by atoms with Crippen LogP contribution in [0.5, 0.6) is 0 Å². The average molecular weight is 282 g/mol. The Hall–Kier alpha value is -0.870. The van der Waals surface area contributed by atoms with Gasteiger partial charge >= 0.3 is 0 Å². The van der Waals surface area contributed by atoms with E-state index in [0.29, 0.717) is 0 Å². The first-order valence-electron chi connectivity index (χ1n) is 5.58. The summed E-state index contributed by atoms with van der Waals surface area (Å²) >= 11 is 3.40. The van der Waals surface area contributed by atoms with Gasteiger partial charge in [0.25, 0.3) is 0 Å². The lowest BCUT2D eigenvalue weighted by Gasteiger charge is -1.98. The fourth-order valence-corrected chi connectivity index (χ4v) is 2.12. The molecule has 1 aromatic heterocycles. The van der Waals surface area contributed by atoms with Gasteiger partial charge in [-0.15, -0.1) is 0 Å². The number of alkyl halides is 1. The SMILES string of the molecule is CCn1nc(CNCCBr)c2ccccc21. The molecule has 2 rings (SSSR count). The van der Waals surface area contributed by atoms with Gasteiger partial charge in [0.1, 0.15) is 0 Å². The Morgan fingerprint density at radius 3 is 2.94 bits per heavy atom. The molecule has 1 heterocycles. The van der Waals surface area contributed by atoms with Crippen molar-refractivity contribution in [2.24, 2.45) is 0 Å². The number of halogens is 1. The van der Waals surface area contributed by atoms with E-state index in [4.69, 9.17) is 0 Å². The van der Waals surface area contributed by atoms with Crippen molar-refractivity contribution < 1.29 is 0 Å². The second kappa shape index (κ2) is 5.46. The molecule has 0 aliphatic carbocycles. The van der Waals surface area contributed by atoms with Crippen molar-refractivity contribution in [1.29, 1.82) is 0 Å². The molecular formula is C12H16BrN3. The smallest absolute Gasteiger partial charge is 0.0841 e. The maximum Gasteiger partial charge on any atom is 0.0841 e. The third kappa shape index (κ3) is 2.28. The summed E-state index contributed by atoms with van der Waals surface area (Å²) in [5, 5.41) is 10.2. The van der Waals surface area contributed by atoms with E-state index in [-0.39, 0.29) is 0 Å². The molecule has 0 spiro atoms. The molecular weight excluding hydrogens is 266 g/mol. The zero-order valence-corrected chi connectivity index (χ0v) is 11.0. The van der Waals surface area contributed by atoms with Crippen LogP contribution in [0.3, 0.4) is 0 Å². The minimum Gasteiger partial charge on any atom is -0.310 e. The molecule has 0 unspecified atom stereocenters. The van der Waals surface area contributed by atoms with Gasteiger partial charge in [0.15, 0.2) is 0 Å². The van der Waals surface area contributed by atoms with Crippen LogP contribution in [0.1, 0.15) is 12.6 Å². The molecule has 0 saturated carbocycles. The van der Waals surface area contributed by atoms with Gasteiger partial charge in [0.2, 0.25) is 0 Å². The number of aryl methyl sites for hydroxylation is 1. The Labute approximate surface area is 104 Å². The quantitative estimate of drug-likeness (QED) is 0.674. The first-order chi connectivity index (χ1) is 7.86. The number of aromatic nitrogens is 2. The van der Waals surface area contributed by atoms with Gasteiger partial charge in [-0.2, -0.15) is 5.10 Å². The van der Waals surface area contributed by atoms with Crippen LogP contribution in [0.4, 0.5) is 0 Å². The number of rotatable bonds is 5. The van der Waals surface area contributed by atoms with Crippen LogP contribution < -0.4 is 5.32 Å². The Morgan fingerprint density at radius 2 is 2.19 bits per heavy atom. The summed E-state index contributed by atoms with van der Waals surface area (Å²) in [5.41, 5.74) is 2.36. The second-order valence-electron chi connectivity index (χ2n) is 3.65. The third-order valence-electron chi connectivity index (χ3n) is 2.60. The van der Waals surface area contributed by atoms with E-state index in [1.54, 1.807) is 0 Å². The van der Waals surface area contributed by atoms with Crippen molar-refractivity contribution in [1.82, 2.24) is 15.1 Å².